The lowest BCUT2D eigenvalue weighted by Gasteiger charge is -2.05. The van der Waals surface area contributed by atoms with Crippen LogP contribution in [0.25, 0.3) is 0 Å². The van der Waals surface area contributed by atoms with Crippen LogP contribution < -0.4 is 16.3 Å². The van der Waals surface area contributed by atoms with E-state index >= 15 is 0 Å². The number of hydrazine groups is 1. The van der Waals surface area contributed by atoms with E-state index in [0.717, 1.165) is 0 Å². The quantitative estimate of drug-likeness (QED) is 0.580. The summed E-state index contributed by atoms with van der Waals surface area (Å²) in [5.41, 5.74) is 8.37. The fourth-order valence-electron chi connectivity index (χ4n) is 1.70. The molecular weight excluding hydrogens is 315 g/mol. The van der Waals surface area contributed by atoms with Gasteiger partial charge in [-0.1, -0.05) is 35.8 Å². The second-order valence-corrected chi connectivity index (χ2v) is 5.20. The fraction of sp³-hybridized carbons (Fsp3) is 0.154. The standard InChI is InChI=1S/C13H12Cl2N4O2/c1-7-10(13(21)19-17-7)5-12(20)18-16-6-8-2-3-9(14)4-11(8)15/h2-4,6,10,17H,1,5H2,(H,18,20)(H,19,21). The van der Waals surface area contributed by atoms with E-state index < -0.39 is 11.8 Å². The molecule has 1 atom stereocenters. The van der Waals surface area contributed by atoms with E-state index in [1.807, 2.05) is 0 Å². The number of carbonyl (C=O) groups is 2. The van der Waals surface area contributed by atoms with Crippen LogP contribution in [0, 0.1) is 5.92 Å². The highest BCUT2D eigenvalue weighted by Gasteiger charge is 2.29. The molecule has 1 fully saturated rings. The first-order valence-corrected chi connectivity index (χ1v) is 6.74. The van der Waals surface area contributed by atoms with Gasteiger partial charge < -0.3 is 5.43 Å². The zero-order valence-electron chi connectivity index (χ0n) is 10.8. The van der Waals surface area contributed by atoms with Crippen molar-refractivity contribution in [3.63, 3.8) is 0 Å². The molecule has 0 aromatic heterocycles. The van der Waals surface area contributed by atoms with E-state index in [1.165, 1.54) is 6.21 Å². The van der Waals surface area contributed by atoms with E-state index in [0.29, 0.717) is 21.3 Å². The van der Waals surface area contributed by atoms with Crippen LogP contribution >= 0.6 is 23.2 Å². The minimum atomic E-state index is -0.598. The Morgan fingerprint density at radius 2 is 2.19 bits per heavy atom. The Labute approximate surface area is 131 Å². The highest BCUT2D eigenvalue weighted by Crippen LogP contribution is 2.19. The van der Waals surface area contributed by atoms with Crippen LogP contribution in [-0.2, 0) is 9.59 Å². The Morgan fingerprint density at radius 1 is 1.43 bits per heavy atom. The number of hydrogen-bond acceptors (Lipinski definition) is 4. The van der Waals surface area contributed by atoms with E-state index in [9.17, 15) is 9.59 Å². The van der Waals surface area contributed by atoms with Crippen molar-refractivity contribution in [2.75, 3.05) is 0 Å². The predicted octanol–water partition coefficient (Wildman–Crippen LogP) is 1.60. The Kier molecular flexibility index (Phi) is 4.82. The molecular formula is C13H12Cl2N4O2. The monoisotopic (exact) mass is 326 g/mol. The maximum atomic E-state index is 11.7. The summed E-state index contributed by atoms with van der Waals surface area (Å²) < 4.78 is 0. The molecule has 21 heavy (non-hydrogen) atoms. The zero-order valence-corrected chi connectivity index (χ0v) is 12.3. The molecule has 3 N–H and O–H groups in total. The van der Waals surface area contributed by atoms with E-state index in [2.05, 4.69) is 28.0 Å². The van der Waals surface area contributed by atoms with Crippen molar-refractivity contribution in [3.8, 4) is 0 Å². The molecule has 1 aliphatic rings. The highest BCUT2D eigenvalue weighted by molar-refractivity contribution is 6.36. The van der Waals surface area contributed by atoms with Crippen LogP contribution in [0.15, 0.2) is 35.6 Å². The maximum Gasteiger partial charge on any atom is 0.247 e. The SMILES string of the molecule is C=C1NNC(=O)C1CC(=O)NN=Cc1ccc(Cl)cc1Cl. The average molecular weight is 327 g/mol. The third-order valence-electron chi connectivity index (χ3n) is 2.83. The molecule has 0 bridgehead atoms. The highest BCUT2D eigenvalue weighted by atomic mass is 35.5. The number of halogens is 2. The number of hydrogen-bond donors (Lipinski definition) is 3. The summed E-state index contributed by atoms with van der Waals surface area (Å²) >= 11 is 11.7. The third kappa shape index (κ3) is 3.96. The van der Waals surface area contributed by atoms with E-state index in [4.69, 9.17) is 23.2 Å². The van der Waals surface area contributed by atoms with Crippen LogP contribution in [-0.4, -0.2) is 18.0 Å². The predicted molar refractivity (Wildman–Crippen MR) is 80.7 cm³/mol. The third-order valence-corrected chi connectivity index (χ3v) is 3.39. The number of amides is 2. The molecule has 1 aromatic carbocycles. The van der Waals surface area contributed by atoms with Gasteiger partial charge in [0.05, 0.1) is 17.2 Å². The largest absolute Gasteiger partial charge is 0.302 e. The first-order valence-electron chi connectivity index (χ1n) is 5.99. The van der Waals surface area contributed by atoms with Crippen LogP contribution in [0.5, 0.6) is 0 Å². The maximum absolute atomic E-state index is 11.7. The van der Waals surface area contributed by atoms with Crippen molar-refractivity contribution >= 4 is 41.2 Å². The minimum Gasteiger partial charge on any atom is -0.302 e. The first kappa shape index (κ1) is 15.3. The molecule has 110 valence electrons. The first-order chi connectivity index (χ1) is 9.97. The summed E-state index contributed by atoms with van der Waals surface area (Å²) in [4.78, 5) is 23.1. The van der Waals surface area contributed by atoms with Crippen molar-refractivity contribution in [1.29, 1.82) is 0 Å². The van der Waals surface area contributed by atoms with Gasteiger partial charge >= 0.3 is 0 Å². The summed E-state index contributed by atoms with van der Waals surface area (Å²) in [6, 6.07) is 4.91. The summed E-state index contributed by atoms with van der Waals surface area (Å²) in [6.45, 7) is 3.64. The summed E-state index contributed by atoms with van der Waals surface area (Å²) in [5, 5.41) is 4.73. The molecule has 1 unspecified atom stereocenters. The molecule has 0 saturated carbocycles. The van der Waals surface area contributed by atoms with Gasteiger partial charge in [-0.25, -0.2) is 5.43 Å². The van der Waals surface area contributed by atoms with Crippen molar-refractivity contribution in [2.24, 2.45) is 11.0 Å². The van der Waals surface area contributed by atoms with Gasteiger partial charge in [0.1, 0.15) is 0 Å². The van der Waals surface area contributed by atoms with E-state index in [1.54, 1.807) is 18.2 Å². The van der Waals surface area contributed by atoms with E-state index in [-0.39, 0.29) is 12.3 Å². The number of nitrogens with zero attached hydrogens (tertiary/aromatic N) is 1. The number of rotatable bonds is 4. The lowest BCUT2D eigenvalue weighted by molar-refractivity contribution is -0.127. The van der Waals surface area contributed by atoms with Gasteiger partial charge in [-0.3, -0.25) is 15.0 Å². The summed E-state index contributed by atoms with van der Waals surface area (Å²) in [7, 11) is 0. The zero-order chi connectivity index (χ0) is 15.4. The minimum absolute atomic E-state index is 0.0383. The average Bonchev–Trinajstić information content (AvgIpc) is 2.73. The lowest BCUT2D eigenvalue weighted by atomic mass is 10.0. The lowest BCUT2D eigenvalue weighted by Crippen LogP contribution is -2.27. The normalized spacial score (nSPS) is 17.7. The molecule has 1 saturated heterocycles. The molecule has 0 radical (unpaired) electrons. The Bertz CT molecular complexity index is 615. The topological polar surface area (TPSA) is 82.6 Å². The van der Waals surface area contributed by atoms with Crippen LogP contribution in [0.2, 0.25) is 10.0 Å². The molecule has 0 spiro atoms. The Balaban J connectivity index is 1.90. The molecule has 1 aromatic rings. The number of nitrogens with one attached hydrogen (secondary N) is 3. The fourth-order valence-corrected chi connectivity index (χ4v) is 2.16. The smallest absolute Gasteiger partial charge is 0.247 e. The van der Waals surface area contributed by atoms with Gasteiger partial charge in [0, 0.05) is 22.7 Å². The molecule has 1 aliphatic heterocycles. The number of benzene rings is 1. The summed E-state index contributed by atoms with van der Waals surface area (Å²) in [5.74, 6) is -1.29. The summed E-state index contributed by atoms with van der Waals surface area (Å²) in [6.07, 6.45) is 1.36. The van der Waals surface area contributed by atoms with Crippen molar-refractivity contribution < 1.29 is 9.59 Å². The number of carbonyl (C=O) groups excluding carboxylic acids is 2. The Hall–Kier alpha value is -2.05. The second-order valence-electron chi connectivity index (χ2n) is 4.36. The molecule has 6 nitrogen and oxygen atoms in total. The van der Waals surface area contributed by atoms with Gasteiger partial charge in [-0.2, -0.15) is 5.10 Å². The molecule has 2 rings (SSSR count). The van der Waals surface area contributed by atoms with Crippen molar-refractivity contribution in [2.45, 2.75) is 6.42 Å². The molecule has 1 heterocycles. The second kappa shape index (κ2) is 6.60. The van der Waals surface area contributed by atoms with Crippen LogP contribution in [0.1, 0.15) is 12.0 Å². The van der Waals surface area contributed by atoms with Gasteiger partial charge in [0.2, 0.25) is 11.8 Å². The van der Waals surface area contributed by atoms with Crippen molar-refractivity contribution in [1.82, 2.24) is 16.3 Å². The molecule has 8 heteroatoms. The van der Waals surface area contributed by atoms with Gasteiger partial charge in [-0.15, -0.1) is 0 Å². The van der Waals surface area contributed by atoms with Crippen LogP contribution in [0.3, 0.4) is 0 Å². The van der Waals surface area contributed by atoms with Gasteiger partial charge in [0.15, 0.2) is 0 Å². The van der Waals surface area contributed by atoms with Gasteiger partial charge in [-0.05, 0) is 12.1 Å². The number of hydrazone groups is 1. The van der Waals surface area contributed by atoms with Crippen molar-refractivity contribution in [3.05, 3.63) is 46.1 Å². The molecule has 0 aliphatic carbocycles. The molecule has 2 amide bonds. The Morgan fingerprint density at radius 3 is 2.81 bits per heavy atom. The van der Waals surface area contributed by atoms with Crippen LogP contribution in [0.4, 0.5) is 0 Å². The van der Waals surface area contributed by atoms with Gasteiger partial charge in [0.25, 0.3) is 0 Å².